The number of nitrogens with zero attached hydrogens (tertiary/aromatic N) is 2. The van der Waals surface area contributed by atoms with Crippen molar-refractivity contribution in [2.24, 2.45) is 7.05 Å². The molecule has 2 amide bonds. The third-order valence-electron chi connectivity index (χ3n) is 2.76. The molecule has 8 heteroatoms. The Morgan fingerprint density at radius 3 is 2.81 bits per heavy atom. The highest BCUT2D eigenvalue weighted by Crippen LogP contribution is 2.21. The van der Waals surface area contributed by atoms with E-state index in [1.807, 2.05) is 13.2 Å². The van der Waals surface area contributed by atoms with Gasteiger partial charge in [0.05, 0.1) is 14.9 Å². The molecule has 0 saturated heterocycles. The Balaban J connectivity index is 1.83. The maximum absolute atomic E-state index is 11.9. The molecule has 2 aromatic heterocycles. The summed E-state index contributed by atoms with van der Waals surface area (Å²) in [5.74, 6) is -0.488. The van der Waals surface area contributed by atoms with E-state index in [-0.39, 0.29) is 11.8 Å². The van der Waals surface area contributed by atoms with Gasteiger partial charge in [-0.05, 0) is 35.0 Å². The monoisotopic (exact) mass is 370 g/mol. The van der Waals surface area contributed by atoms with Gasteiger partial charge in [-0.25, -0.2) is 0 Å². The molecule has 0 aliphatic carbocycles. The molecule has 0 aromatic carbocycles. The Labute approximate surface area is 134 Å². The van der Waals surface area contributed by atoms with Crippen molar-refractivity contribution in [1.29, 1.82) is 0 Å². The summed E-state index contributed by atoms with van der Waals surface area (Å²) in [7, 11) is 1.81. The van der Waals surface area contributed by atoms with Gasteiger partial charge in [0.2, 0.25) is 5.91 Å². The van der Waals surface area contributed by atoms with Crippen LogP contribution < -0.4 is 10.6 Å². The first kappa shape index (κ1) is 15.7. The van der Waals surface area contributed by atoms with Gasteiger partial charge < -0.3 is 10.6 Å². The van der Waals surface area contributed by atoms with Gasteiger partial charge in [0.1, 0.15) is 6.04 Å². The van der Waals surface area contributed by atoms with Gasteiger partial charge in [-0.15, -0.1) is 11.3 Å². The van der Waals surface area contributed by atoms with Gasteiger partial charge in [0, 0.05) is 25.4 Å². The first-order chi connectivity index (χ1) is 9.95. The molecule has 2 aromatic rings. The number of hydrogen-bond acceptors (Lipinski definition) is 4. The largest absolute Gasteiger partial charge is 0.350 e. The molecule has 1 atom stereocenters. The molecule has 0 bridgehead atoms. The van der Waals surface area contributed by atoms with Crippen LogP contribution >= 0.6 is 27.3 Å². The van der Waals surface area contributed by atoms with Crippen LogP contribution in [0.4, 0.5) is 0 Å². The fourth-order valence-electron chi connectivity index (χ4n) is 1.68. The highest BCUT2D eigenvalue weighted by molar-refractivity contribution is 9.11. The quantitative estimate of drug-likeness (QED) is 0.840. The van der Waals surface area contributed by atoms with Crippen molar-refractivity contribution in [2.75, 3.05) is 0 Å². The lowest BCUT2D eigenvalue weighted by Crippen LogP contribution is -2.44. The zero-order valence-corrected chi connectivity index (χ0v) is 14.0. The molecular formula is C13H15BrN4O2S. The highest BCUT2D eigenvalue weighted by atomic mass is 79.9. The highest BCUT2D eigenvalue weighted by Gasteiger charge is 2.17. The van der Waals surface area contributed by atoms with Gasteiger partial charge >= 0.3 is 0 Å². The number of amides is 2. The smallest absolute Gasteiger partial charge is 0.262 e. The summed E-state index contributed by atoms with van der Waals surface area (Å²) < 4.78 is 2.54. The lowest BCUT2D eigenvalue weighted by molar-refractivity contribution is -0.122. The molecule has 1 unspecified atom stereocenters. The van der Waals surface area contributed by atoms with E-state index in [4.69, 9.17) is 0 Å². The van der Waals surface area contributed by atoms with Gasteiger partial charge in [-0.1, -0.05) is 0 Å². The first-order valence-electron chi connectivity index (χ1n) is 6.27. The molecule has 0 radical (unpaired) electrons. The van der Waals surface area contributed by atoms with Crippen LogP contribution in [0.15, 0.2) is 28.3 Å². The second-order valence-electron chi connectivity index (χ2n) is 4.54. The van der Waals surface area contributed by atoms with E-state index in [1.165, 1.54) is 11.3 Å². The average molecular weight is 371 g/mol. The summed E-state index contributed by atoms with van der Waals surface area (Å²) in [5.41, 5.74) is 0.909. The Bertz CT molecular complexity index is 652. The molecule has 0 aliphatic heterocycles. The molecule has 6 nitrogen and oxygen atoms in total. The van der Waals surface area contributed by atoms with Crippen LogP contribution in [-0.4, -0.2) is 27.6 Å². The minimum absolute atomic E-state index is 0.233. The topological polar surface area (TPSA) is 76.0 Å². The Morgan fingerprint density at radius 1 is 1.48 bits per heavy atom. The number of thiophene rings is 1. The summed E-state index contributed by atoms with van der Waals surface area (Å²) in [6.45, 7) is 2.04. The molecule has 0 fully saturated rings. The second kappa shape index (κ2) is 6.86. The van der Waals surface area contributed by atoms with Gasteiger partial charge in [0.15, 0.2) is 0 Å². The fraction of sp³-hybridized carbons (Fsp3) is 0.308. The van der Waals surface area contributed by atoms with Gasteiger partial charge in [0.25, 0.3) is 5.91 Å². The van der Waals surface area contributed by atoms with Crippen molar-refractivity contribution in [1.82, 2.24) is 20.4 Å². The normalized spacial score (nSPS) is 12.0. The summed E-state index contributed by atoms with van der Waals surface area (Å²) in [5, 5.41) is 9.45. The van der Waals surface area contributed by atoms with Crippen LogP contribution in [0.3, 0.4) is 0 Å². The van der Waals surface area contributed by atoms with E-state index in [1.54, 1.807) is 29.9 Å². The predicted octanol–water partition coefficient (Wildman–Crippen LogP) is 1.68. The number of rotatable bonds is 5. The maximum atomic E-state index is 11.9. The zero-order valence-electron chi connectivity index (χ0n) is 11.6. The van der Waals surface area contributed by atoms with Crippen molar-refractivity contribution in [3.63, 3.8) is 0 Å². The van der Waals surface area contributed by atoms with Gasteiger partial charge in [-0.3, -0.25) is 14.3 Å². The van der Waals surface area contributed by atoms with E-state index in [9.17, 15) is 9.59 Å². The summed E-state index contributed by atoms with van der Waals surface area (Å²) in [6, 6.07) is 2.91. The third-order valence-corrected chi connectivity index (χ3v) is 4.39. The Hall–Kier alpha value is -1.67. The Morgan fingerprint density at radius 2 is 2.24 bits per heavy atom. The van der Waals surface area contributed by atoms with E-state index in [0.29, 0.717) is 11.4 Å². The van der Waals surface area contributed by atoms with Crippen LogP contribution in [0.2, 0.25) is 0 Å². The molecule has 0 saturated carbocycles. The van der Waals surface area contributed by atoms with Gasteiger partial charge in [-0.2, -0.15) is 5.10 Å². The van der Waals surface area contributed by atoms with Crippen LogP contribution in [0.5, 0.6) is 0 Å². The van der Waals surface area contributed by atoms with Crippen molar-refractivity contribution < 1.29 is 9.59 Å². The number of nitrogens with one attached hydrogen (secondary N) is 2. The lowest BCUT2D eigenvalue weighted by atomic mass is 10.3. The molecule has 0 spiro atoms. The first-order valence-corrected chi connectivity index (χ1v) is 7.88. The molecule has 0 aliphatic rings. The SMILES string of the molecule is CC(NC(=O)c1ccc(Br)s1)C(=O)NCc1cnn(C)c1. The number of aromatic nitrogens is 2. The summed E-state index contributed by atoms with van der Waals surface area (Å²) >= 11 is 4.62. The molecule has 2 N–H and O–H groups in total. The van der Waals surface area contributed by atoms with Crippen molar-refractivity contribution in [3.8, 4) is 0 Å². The number of hydrogen-bond donors (Lipinski definition) is 2. The summed E-state index contributed by atoms with van der Waals surface area (Å²) in [4.78, 5) is 24.4. The van der Waals surface area contributed by atoms with Crippen LogP contribution in [-0.2, 0) is 18.4 Å². The van der Waals surface area contributed by atoms with Crippen LogP contribution in [0, 0.1) is 0 Å². The number of halogens is 1. The number of carbonyl (C=O) groups excluding carboxylic acids is 2. The molecule has 21 heavy (non-hydrogen) atoms. The summed E-state index contributed by atoms with van der Waals surface area (Å²) in [6.07, 6.45) is 3.51. The molecular weight excluding hydrogens is 356 g/mol. The van der Waals surface area contributed by atoms with E-state index in [2.05, 4.69) is 31.7 Å². The van der Waals surface area contributed by atoms with Crippen molar-refractivity contribution >= 4 is 39.1 Å². The van der Waals surface area contributed by atoms with Crippen LogP contribution in [0.1, 0.15) is 22.2 Å². The standard InChI is InChI=1S/C13H15BrN4O2S/c1-8(17-13(20)10-3-4-11(14)21-10)12(19)15-5-9-6-16-18(2)7-9/h3-4,6-8H,5H2,1-2H3,(H,15,19)(H,17,20). The Kier molecular flexibility index (Phi) is 5.13. The predicted molar refractivity (Wildman–Crippen MR) is 84.0 cm³/mol. The van der Waals surface area contributed by atoms with E-state index in [0.717, 1.165) is 9.35 Å². The minimum atomic E-state index is -0.602. The average Bonchev–Trinajstić information content (AvgIpc) is 3.04. The maximum Gasteiger partial charge on any atom is 0.262 e. The molecule has 2 rings (SSSR count). The van der Waals surface area contributed by atoms with Crippen molar-refractivity contribution in [3.05, 3.63) is 38.8 Å². The number of carbonyl (C=O) groups is 2. The van der Waals surface area contributed by atoms with E-state index >= 15 is 0 Å². The fourth-order valence-corrected chi connectivity index (χ4v) is 2.96. The van der Waals surface area contributed by atoms with E-state index < -0.39 is 6.04 Å². The minimum Gasteiger partial charge on any atom is -0.350 e. The second-order valence-corrected chi connectivity index (χ2v) is 7.00. The molecule has 112 valence electrons. The molecule has 2 heterocycles. The van der Waals surface area contributed by atoms with Crippen LogP contribution in [0.25, 0.3) is 0 Å². The van der Waals surface area contributed by atoms with Crippen molar-refractivity contribution in [2.45, 2.75) is 19.5 Å². The lowest BCUT2D eigenvalue weighted by Gasteiger charge is -2.13. The zero-order chi connectivity index (χ0) is 15.4. The number of aryl methyl sites for hydroxylation is 1. The third kappa shape index (κ3) is 4.40.